The van der Waals surface area contributed by atoms with Gasteiger partial charge in [0.25, 0.3) is 0 Å². The summed E-state index contributed by atoms with van der Waals surface area (Å²) in [4.78, 5) is 12.7. The third kappa shape index (κ3) is 2.62. The van der Waals surface area contributed by atoms with Crippen molar-refractivity contribution >= 4 is 5.78 Å². The Morgan fingerprint density at radius 3 is 2.45 bits per heavy atom. The topological polar surface area (TPSA) is 39.4 Å². The first-order valence-electron chi connectivity index (χ1n) is 6.89. The number of para-hydroxylation sites is 1. The lowest BCUT2D eigenvalue weighted by atomic mass is 9.99. The lowest BCUT2D eigenvalue weighted by Crippen LogP contribution is -2.07. The molecule has 0 fully saturated rings. The maximum Gasteiger partial charge on any atom is 0.200 e. The lowest BCUT2D eigenvalue weighted by Gasteiger charge is -2.10. The molecule has 0 radical (unpaired) electrons. The molecule has 3 heteroatoms. The molecule has 0 amide bonds. The smallest absolute Gasteiger partial charge is 0.200 e. The summed E-state index contributed by atoms with van der Waals surface area (Å²) in [7, 11) is 0. The van der Waals surface area contributed by atoms with Gasteiger partial charge in [0, 0.05) is 5.56 Å². The Kier molecular flexibility index (Phi) is 4.28. The number of aryl methyl sites for hydroxylation is 2. The molecule has 0 aliphatic rings. The summed E-state index contributed by atoms with van der Waals surface area (Å²) in [6, 6.07) is 7.36. The van der Waals surface area contributed by atoms with Crippen LogP contribution in [0, 0.1) is 20.8 Å². The summed E-state index contributed by atoms with van der Waals surface area (Å²) >= 11 is 0. The number of hydrogen-bond acceptors (Lipinski definition) is 3. The molecule has 0 unspecified atom stereocenters. The number of ketones is 1. The molecular formula is C17H20O3. The lowest BCUT2D eigenvalue weighted by molar-refractivity contribution is 0.103. The van der Waals surface area contributed by atoms with Crippen LogP contribution in [0.25, 0.3) is 0 Å². The fourth-order valence-corrected chi connectivity index (χ4v) is 2.25. The van der Waals surface area contributed by atoms with Crippen LogP contribution in [0.4, 0.5) is 0 Å². The molecule has 20 heavy (non-hydrogen) atoms. The van der Waals surface area contributed by atoms with Gasteiger partial charge in [0.1, 0.15) is 17.3 Å². The average molecular weight is 272 g/mol. The molecule has 2 rings (SSSR count). The molecule has 0 bridgehead atoms. The molecule has 0 atom stereocenters. The van der Waals surface area contributed by atoms with E-state index in [4.69, 9.17) is 9.15 Å². The Morgan fingerprint density at radius 2 is 1.85 bits per heavy atom. The van der Waals surface area contributed by atoms with Gasteiger partial charge in [0.15, 0.2) is 0 Å². The fraction of sp³-hybridized carbons (Fsp3) is 0.353. The summed E-state index contributed by atoms with van der Waals surface area (Å²) in [5, 5.41) is 0. The van der Waals surface area contributed by atoms with E-state index in [1.165, 1.54) is 0 Å². The fourth-order valence-electron chi connectivity index (χ4n) is 2.25. The molecule has 2 aromatic rings. The van der Waals surface area contributed by atoms with Crippen LogP contribution in [0.3, 0.4) is 0 Å². The van der Waals surface area contributed by atoms with E-state index in [2.05, 4.69) is 0 Å². The number of benzene rings is 1. The van der Waals surface area contributed by atoms with Crippen molar-refractivity contribution in [2.24, 2.45) is 0 Å². The van der Waals surface area contributed by atoms with Gasteiger partial charge >= 0.3 is 0 Å². The zero-order valence-electron chi connectivity index (χ0n) is 12.4. The van der Waals surface area contributed by atoms with Crippen molar-refractivity contribution in [3.05, 3.63) is 52.5 Å². The van der Waals surface area contributed by atoms with E-state index in [1.807, 2.05) is 45.9 Å². The quantitative estimate of drug-likeness (QED) is 0.765. The van der Waals surface area contributed by atoms with Crippen LogP contribution in [0.5, 0.6) is 5.75 Å². The minimum Gasteiger partial charge on any atom is -0.493 e. The number of rotatable bonds is 5. The van der Waals surface area contributed by atoms with Crippen LogP contribution < -0.4 is 4.74 Å². The second-order valence-corrected chi connectivity index (χ2v) is 4.89. The van der Waals surface area contributed by atoms with Crippen LogP contribution in [-0.4, -0.2) is 12.4 Å². The minimum atomic E-state index is -0.0384. The largest absolute Gasteiger partial charge is 0.493 e. The first-order valence-corrected chi connectivity index (χ1v) is 6.89. The van der Waals surface area contributed by atoms with Crippen molar-refractivity contribution in [2.75, 3.05) is 6.61 Å². The van der Waals surface area contributed by atoms with Crippen molar-refractivity contribution in [1.82, 2.24) is 0 Å². The van der Waals surface area contributed by atoms with Gasteiger partial charge in [-0.25, -0.2) is 0 Å². The van der Waals surface area contributed by atoms with Crippen LogP contribution in [-0.2, 0) is 0 Å². The van der Waals surface area contributed by atoms with E-state index in [1.54, 1.807) is 6.07 Å². The SMILES string of the molecule is CCCOc1ccccc1C(=O)c1c(C)oc(C)c1C. The predicted octanol–water partition coefficient (Wildman–Crippen LogP) is 4.22. The molecule has 0 saturated heterocycles. The monoisotopic (exact) mass is 272 g/mol. The zero-order chi connectivity index (χ0) is 14.7. The maximum absolute atomic E-state index is 12.7. The van der Waals surface area contributed by atoms with Crippen molar-refractivity contribution in [1.29, 1.82) is 0 Å². The van der Waals surface area contributed by atoms with Gasteiger partial charge in [-0.15, -0.1) is 0 Å². The first kappa shape index (κ1) is 14.4. The number of carbonyl (C=O) groups excluding carboxylic acids is 1. The molecule has 106 valence electrons. The van der Waals surface area contributed by atoms with E-state index in [-0.39, 0.29) is 5.78 Å². The molecule has 1 heterocycles. The number of hydrogen-bond donors (Lipinski definition) is 0. The molecule has 3 nitrogen and oxygen atoms in total. The Labute approximate surface area is 119 Å². The van der Waals surface area contributed by atoms with E-state index < -0.39 is 0 Å². The van der Waals surface area contributed by atoms with Crippen molar-refractivity contribution < 1.29 is 13.9 Å². The Hall–Kier alpha value is -2.03. The molecule has 0 aliphatic carbocycles. The number of carbonyl (C=O) groups is 1. The molecule has 0 spiro atoms. The second kappa shape index (κ2) is 5.95. The van der Waals surface area contributed by atoms with Crippen LogP contribution >= 0.6 is 0 Å². The standard InChI is InChI=1S/C17H20O3/c1-5-10-19-15-9-7-6-8-14(15)17(18)16-11(2)12(3)20-13(16)4/h6-9H,5,10H2,1-4H3. The average Bonchev–Trinajstić information content (AvgIpc) is 2.69. The van der Waals surface area contributed by atoms with Gasteiger partial charge in [-0.3, -0.25) is 4.79 Å². The predicted molar refractivity (Wildman–Crippen MR) is 78.6 cm³/mol. The third-order valence-corrected chi connectivity index (χ3v) is 3.38. The number of furan rings is 1. The minimum absolute atomic E-state index is 0.0384. The van der Waals surface area contributed by atoms with Gasteiger partial charge in [0.05, 0.1) is 17.7 Å². The van der Waals surface area contributed by atoms with E-state index in [0.717, 1.165) is 17.7 Å². The highest BCUT2D eigenvalue weighted by Crippen LogP contribution is 2.27. The molecule has 0 saturated carbocycles. The van der Waals surface area contributed by atoms with Crippen LogP contribution in [0.15, 0.2) is 28.7 Å². The summed E-state index contributed by atoms with van der Waals surface area (Å²) in [5.74, 6) is 2.05. The summed E-state index contributed by atoms with van der Waals surface area (Å²) in [6.07, 6.45) is 0.908. The summed E-state index contributed by atoms with van der Waals surface area (Å²) < 4.78 is 11.2. The second-order valence-electron chi connectivity index (χ2n) is 4.89. The van der Waals surface area contributed by atoms with Gasteiger partial charge in [0.2, 0.25) is 5.78 Å². The number of ether oxygens (including phenoxy) is 1. The van der Waals surface area contributed by atoms with Crippen molar-refractivity contribution in [3.8, 4) is 5.75 Å². The van der Waals surface area contributed by atoms with Gasteiger partial charge in [-0.05, 0) is 39.3 Å². The molecule has 0 aliphatic heterocycles. The third-order valence-electron chi connectivity index (χ3n) is 3.38. The highest BCUT2D eigenvalue weighted by atomic mass is 16.5. The normalized spacial score (nSPS) is 10.6. The van der Waals surface area contributed by atoms with Gasteiger partial charge < -0.3 is 9.15 Å². The van der Waals surface area contributed by atoms with E-state index in [9.17, 15) is 4.79 Å². The molecular weight excluding hydrogens is 252 g/mol. The zero-order valence-corrected chi connectivity index (χ0v) is 12.4. The van der Waals surface area contributed by atoms with Crippen LogP contribution in [0.2, 0.25) is 0 Å². The summed E-state index contributed by atoms with van der Waals surface area (Å²) in [6.45, 7) is 8.25. The first-order chi connectivity index (χ1) is 9.56. The highest BCUT2D eigenvalue weighted by molar-refractivity contribution is 6.12. The van der Waals surface area contributed by atoms with Gasteiger partial charge in [-0.1, -0.05) is 19.1 Å². The Bertz CT molecular complexity index is 623. The summed E-state index contributed by atoms with van der Waals surface area (Å²) in [5.41, 5.74) is 2.14. The van der Waals surface area contributed by atoms with Gasteiger partial charge in [-0.2, -0.15) is 0 Å². The molecule has 0 N–H and O–H groups in total. The Balaban J connectivity index is 2.43. The van der Waals surface area contributed by atoms with Crippen molar-refractivity contribution in [3.63, 3.8) is 0 Å². The van der Waals surface area contributed by atoms with E-state index >= 15 is 0 Å². The van der Waals surface area contributed by atoms with Crippen molar-refractivity contribution in [2.45, 2.75) is 34.1 Å². The maximum atomic E-state index is 12.7. The molecule has 1 aromatic heterocycles. The van der Waals surface area contributed by atoms with E-state index in [0.29, 0.717) is 29.2 Å². The highest BCUT2D eigenvalue weighted by Gasteiger charge is 2.22. The Morgan fingerprint density at radius 1 is 1.15 bits per heavy atom. The van der Waals surface area contributed by atoms with Crippen LogP contribution in [0.1, 0.15) is 46.3 Å². The molecule has 1 aromatic carbocycles.